The summed E-state index contributed by atoms with van der Waals surface area (Å²) >= 11 is 1.06. The molecule has 16 nitrogen and oxygen atoms in total. The Balaban J connectivity index is 1.80. The summed E-state index contributed by atoms with van der Waals surface area (Å²) in [6.07, 6.45) is -0.842. The Hall–Kier alpha value is -4.90. The summed E-state index contributed by atoms with van der Waals surface area (Å²) in [4.78, 5) is 82.8. The molecule has 5 amide bonds. The molecule has 0 bridgehead atoms. The summed E-state index contributed by atoms with van der Waals surface area (Å²) in [6.45, 7) is 8.14. The first-order valence-corrected chi connectivity index (χ1v) is 17.3. The molecule has 50 heavy (non-hydrogen) atoms. The number of fused-ring (bicyclic) bond motifs is 3. The van der Waals surface area contributed by atoms with E-state index in [2.05, 4.69) is 36.7 Å². The molecule has 0 aliphatic carbocycles. The maximum Gasteiger partial charge on any atom is 0.327 e. The lowest BCUT2D eigenvalue weighted by atomic mass is 10.0. The highest BCUT2D eigenvalue weighted by Crippen LogP contribution is 2.31. The molecule has 1 aliphatic heterocycles. The number of aliphatic carboxylic acids is 1. The maximum atomic E-state index is 14.1. The minimum atomic E-state index is -1.54. The summed E-state index contributed by atoms with van der Waals surface area (Å²) in [5.74, 6) is -5.02. The van der Waals surface area contributed by atoms with Gasteiger partial charge in [-0.1, -0.05) is 44.1 Å². The minimum absolute atomic E-state index is 0.0468. The topological polar surface area (TPSA) is 245 Å². The number of aliphatic hydroxyl groups excluding tert-OH is 1. The number of amides is 5. The van der Waals surface area contributed by atoms with Crippen LogP contribution in [-0.2, 0) is 36.8 Å². The second-order valence-corrected chi connectivity index (χ2v) is 13.6. The van der Waals surface area contributed by atoms with Crippen molar-refractivity contribution in [3.8, 4) is 0 Å². The first-order chi connectivity index (χ1) is 23.7. The Kier molecular flexibility index (Phi) is 12.6. The van der Waals surface area contributed by atoms with Crippen LogP contribution < -0.4 is 26.6 Å². The number of para-hydroxylation sites is 1. The number of H-pyrrole nitrogens is 1. The molecule has 3 aromatic rings. The Morgan fingerprint density at radius 3 is 2.38 bits per heavy atom. The maximum absolute atomic E-state index is 14.1. The molecule has 17 heteroatoms. The van der Waals surface area contributed by atoms with Crippen LogP contribution in [0.3, 0.4) is 0 Å². The van der Waals surface area contributed by atoms with Crippen molar-refractivity contribution >= 4 is 58.2 Å². The van der Waals surface area contributed by atoms with E-state index in [9.17, 15) is 39.0 Å². The second-order valence-electron chi connectivity index (χ2n) is 12.6. The predicted molar refractivity (Wildman–Crippen MR) is 182 cm³/mol. The van der Waals surface area contributed by atoms with Gasteiger partial charge in [0.25, 0.3) is 5.91 Å². The van der Waals surface area contributed by atoms with E-state index in [1.54, 1.807) is 18.2 Å². The number of carboxylic acid groups (broad SMARTS) is 1. The predicted octanol–water partition coefficient (Wildman–Crippen LogP) is 0.636. The van der Waals surface area contributed by atoms with Gasteiger partial charge in [-0.25, -0.2) is 4.79 Å². The number of carbonyl (C=O) groups is 6. The number of aryl methyl sites for hydroxylation is 1. The van der Waals surface area contributed by atoms with E-state index in [1.165, 1.54) is 19.9 Å². The zero-order chi connectivity index (χ0) is 36.7. The molecular formula is C33H43N7O9S. The Labute approximate surface area is 292 Å². The van der Waals surface area contributed by atoms with Gasteiger partial charge in [-0.05, 0) is 37.8 Å². The summed E-state index contributed by atoms with van der Waals surface area (Å²) in [5.41, 5.74) is 1.20. The largest absolute Gasteiger partial charge is 0.480 e. The standard InChI is InChI=1S/C33H43N7O9S/c1-6-18-12-24(40-49-18)30(45)36-23-13-20-19-9-7-8-10-21(19)38-32(20)50-14-25(33(47)48)37-31(46)26(17(5)41)39-27(42)16(4)34-28(43)22(11-15(2)3)35-29(23)44/h7-10,12,15-17,22-23,25-26,38,41H,6,11,13-14H2,1-5H3,(H,34,43)(H,35,44)(H,36,45)(H,37,46)(H,39,42)(H,47,48)/t16-,17-,22+,23+,25+,26+/m1/s1. The zero-order valence-electron chi connectivity index (χ0n) is 28.4. The van der Waals surface area contributed by atoms with E-state index < -0.39 is 71.8 Å². The van der Waals surface area contributed by atoms with Crippen molar-refractivity contribution in [3.05, 3.63) is 47.3 Å². The van der Waals surface area contributed by atoms with E-state index in [1.807, 2.05) is 26.8 Å². The smallest absolute Gasteiger partial charge is 0.327 e. The van der Waals surface area contributed by atoms with E-state index in [0.29, 0.717) is 33.7 Å². The third-order valence-electron chi connectivity index (χ3n) is 8.11. The number of aromatic amines is 1. The van der Waals surface area contributed by atoms with Gasteiger partial charge < -0.3 is 46.3 Å². The molecule has 0 saturated carbocycles. The van der Waals surface area contributed by atoms with Crippen LogP contribution in [0.5, 0.6) is 0 Å². The molecule has 6 atom stereocenters. The van der Waals surface area contributed by atoms with Gasteiger partial charge in [0.15, 0.2) is 5.69 Å². The molecule has 0 unspecified atom stereocenters. The zero-order valence-corrected chi connectivity index (χ0v) is 29.2. The van der Waals surface area contributed by atoms with Crippen molar-refractivity contribution < 1.29 is 43.5 Å². The van der Waals surface area contributed by atoms with Gasteiger partial charge in [-0.2, -0.15) is 0 Å². The molecule has 0 radical (unpaired) electrons. The Bertz CT molecular complexity index is 1740. The van der Waals surface area contributed by atoms with Gasteiger partial charge in [0, 0.05) is 35.6 Å². The molecular weight excluding hydrogens is 670 g/mol. The summed E-state index contributed by atoms with van der Waals surface area (Å²) in [5, 5.41) is 38.1. The third kappa shape index (κ3) is 9.41. The first kappa shape index (κ1) is 37.9. The number of hydrogen-bond acceptors (Lipinski definition) is 10. The van der Waals surface area contributed by atoms with Crippen molar-refractivity contribution in [2.45, 2.75) is 95.2 Å². The number of aromatic nitrogens is 2. The summed E-state index contributed by atoms with van der Waals surface area (Å²) < 4.78 is 5.18. The SMILES string of the molecule is CCc1cc(C(=O)N[C@H]2Cc3c([nH]c4ccccc34)SC[C@@H](C(=O)O)NC(=O)[C@H]([C@@H](C)O)NC(=O)[C@@H](C)NC(=O)[C@H](CC(C)C)NC2=O)no1. The average molecular weight is 714 g/mol. The monoisotopic (exact) mass is 713 g/mol. The summed E-state index contributed by atoms with van der Waals surface area (Å²) in [6, 6.07) is 2.04. The number of aliphatic hydroxyl groups is 1. The van der Waals surface area contributed by atoms with Gasteiger partial charge in [0.2, 0.25) is 23.6 Å². The van der Waals surface area contributed by atoms with E-state index in [0.717, 1.165) is 11.8 Å². The Morgan fingerprint density at radius 1 is 1.02 bits per heavy atom. The van der Waals surface area contributed by atoms with Crippen LogP contribution in [0.2, 0.25) is 0 Å². The lowest BCUT2D eigenvalue weighted by molar-refractivity contribution is -0.142. The fourth-order valence-corrected chi connectivity index (χ4v) is 6.48. The molecule has 3 heterocycles. The molecule has 4 rings (SSSR count). The van der Waals surface area contributed by atoms with Crippen molar-refractivity contribution in [1.29, 1.82) is 0 Å². The van der Waals surface area contributed by atoms with E-state index in [4.69, 9.17) is 4.52 Å². The minimum Gasteiger partial charge on any atom is -0.480 e. The molecule has 270 valence electrons. The molecule has 0 fully saturated rings. The Morgan fingerprint density at radius 2 is 1.74 bits per heavy atom. The van der Waals surface area contributed by atoms with E-state index >= 15 is 0 Å². The van der Waals surface area contributed by atoms with Gasteiger partial charge in [0.05, 0.1) is 11.1 Å². The number of nitrogens with one attached hydrogen (secondary N) is 6. The number of nitrogens with zero attached hydrogens (tertiary/aromatic N) is 1. The fourth-order valence-electron chi connectivity index (χ4n) is 5.37. The normalized spacial score (nSPS) is 23.5. The second kappa shape index (κ2) is 16.7. The van der Waals surface area contributed by atoms with Crippen molar-refractivity contribution in [1.82, 2.24) is 36.7 Å². The van der Waals surface area contributed by atoms with E-state index in [-0.39, 0.29) is 30.2 Å². The van der Waals surface area contributed by atoms with Crippen molar-refractivity contribution in [3.63, 3.8) is 0 Å². The molecule has 1 aromatic carbocycles. The number of carboxylic acids is 1. The highest BCUT2D eigenvalue weighted by molar-refractivity contribution is 7.99. The first-order valence-electron chi connectivity index (χ1n) is 16.3. The van der Waals surface area contributed by atoms with Crippen LogP contribution in [0.15, 0.2) is 39.9 Å². The van der Waals surface area contributed by atoms with Gasteiger partial charge in [0.1, 0.15) is 36.0 Å². The van der Waals surface area contributed by atoms with Crippen LogP contribution in [0.1, 0.15) is 62.9 Å². The number of carbonyl (C=O) groups excluding carboxylic acids is 5. The molecule has 0 spiro atoms. The van der Waals surface area contributed by atoms with Gasteiger partial charge in [-0.3, -0.25) is 24.0 Å². The number of rotatable bonds is 7. The molecule has 0 saturated heterocycles. The number of thioether (sulfide) groups is 1. The number of benzene rings is 1. The number of hydrogen-bond donors (Lipinski definition) is 8. The van der Waals surface area contributed by atoms with Crippen LogP contribution in [0.25, 0.3) is 10.9 Å². The highest BCUT2D eigenvalue weighted by Gasteiger charge is 2.34. The molecule has 8 N–H and O–H groups in total. The van der Waals surface area contributed by atoms with Crippen LogP contribution in [0.4, 0.5) is 0 Å². The third-order valence-corrected chi connectivity index (χ3v) is 9.25. The van der Waals surface area contributed by atoms with Crippen LogP contribution >= 0.6 is 11.8 Å². The van der Waals surface area contributed by atoms with Crippen molar-refractivity contribution in [2.75, 3.05) is 5.75 Å². The lowest BCUT2D eigenvalue weighted by Gasteiger charge is -2.27. The van der Waals surface area contributed by atoms with Crippen LogP contribution in [0, 0.1) is 5.92 Å². The van der Waals surface area contributed by atoms with Crippen molar-refractivity contribution in [2.24, 2.45) is 5.92 Å². The molecule has 1 aliphatic rings. The quantitative estimate of drug-likeness (QED) is 0.169. The van der Waals surface area contributed by atoms with Crippen LogP contribution in [-0.4, -0.2) is 97.9 Å². The highest BCUT2D eigenvalue weighted by atomic mass is 32.2. The lowest BCUT2D eigenvalue weighted by Crippen LogP contribution is -2.60. The van der Waals surface area contributed by atoms with Gasteiger partial charge >= 0.3 is 5.97 Å². The average Bonchev–Trinajstić information content (AvgIpc) is 3.68. The summed E-state index contributed by atoms with van der Waals surface area (Å²) in [7, 11) is 0. The van der Waals surface area contributed by atoms with Gasteiger partial charge in [-0.15, -0.1) is 11.8 Å². The molecule has 2 aromatic heterocycles. The fraction of sp³-hybridized carbons (Fsp3) is 0.485.